The molecule has 6 nitrogen and oxygen atoms in total. The molecular weight excluding hydrogens is 376 g/mol. The Hall–Kier alpha value is -0.740. The Labute approximate surface area is 136 Å². The number of aryl methyl sites for hydroxylation is 1. The van der Waals surface area contributed by atoms with Crippen LogP contribution in [0.1, 0.15) is 23.1 Å². The number of nitrogens with zero attached hydrogens (tertiary/aromatic N) is 1. The van der Waals surface area contributed by atoms with E-state index >= 15 is 0 Å². The number of aromatic amines is 1. The summed E-state index contributed by atoms with van der Waals surface area (Å²) in [5, 5.41) is 9.84. The van der Waals surface area contributed by atoms with E-state index in [4.69, 9.17) is 0 Å². The minimum Gasteiger partial charge on any atom is -0.312 e. The minimum atomic E-state index is -3.54. The molecule has 2 aromatic heterocycles. The molecule has 0 saturated heterocycles. The summed E-state index contributed by atoms with van der Waals surface area (Å²) in [6.45, 7) is 5.59. The van der Waals surface area contributed by atoms with Gasteiger partial charge >= 0.3 is 0 Å². The molecule has 2 rings (SSSR count). The van der Waals surface area contributed by atoms with Crippen LogP contribution in [-0.2, 0) is 23.1 Å². The Kier molecular flexibility index (Phi) is 5.55. The number of hydrogen-bond donors (Lipinski definition) is 3. The Bertz CT molecular complexity index is 709. The van der Waals surface area contributed by atoms with E-state index in [0.29, 0.717) is 10.3 Å². The molecule has 0 bridgehead atoms. The van der Waals surface area contributed by atoms with Crippen LogP contribution in [0.3, 0.4) is 0 Å². The van der Waals surface area contributed by atoms with Gasteiger partial charge in [-0.15, -0.1) is 11.3 Å². The molecule has 116 valence electrons. The maximum Gasteiger partial charge on any atom is 0.242 e. The summed E-state index contributed by atoms with van der Waals surface area (Å²) < 4.78 is 27.9. The number of hydrogen-bond acceptors (Lipinski definition) is 5. The van der Waals surface area contributed by atoms with Gasteiger partial charge in [-0.25, -0.2) is 13.1 Å². The zero-order chi connectivity index (χ0) is 15.5. The first-order valence-corrected chi connectivity index (χ1v) is 9.50. The van der Waals surface area contributed by atoms with Crippen molar-refractivity contribution in [1.29, 1.82) is 0 Å². The second-order valence-corrected chi connectivity index (χ2v) is 8.67. The lowest BCUT2D eigenvalue weighted by molar-refractivity contribution is 0.581. The zero-order valence-corrected chi connectivity index (χ0v) is 15.0. The van der Waals surface area contributed by atoms with Gasteiger partial charge < -0.3 is 5.32 Å². The van der Waals surface area contributed by atoms with Gasteiger partial charge in [0, 0.05) is 29.2 Å². The third-order valence-corrected chi connectivity index (χ3v) is 6.59. The third kappa shape index (κ3) is 4.13. The molecule has 0 fully saturated rings. The van der Waals surface area contributed by atoms with Gasteiger partial charge in [-0.05, 0) is 35.5 Å². The number of sulfonamides is 1. The van der Waals surface area contributed by atoms with Gasteiger partial charge in [0.15, 0.2) is 0 Å². The molecule has 0 spiro atoms. The maximum absolute atomic E-state index is 12.4. The first-order chi connectivity index (χ1) is 9.94. The molecule has 0 aliphatic rings. The standard InChI is InChI=1S/C12H17BrN4O2S2/c1-3-14-7-10-4-11(12(13)20-10)21(18,19)16-6-9-5-15-17-8(9)2/h4-5,14,16H,3,6-7H2,1-2H3,(H,15,17). The smallest absolute Gasteiger partial charge is 0.242 e. The van der Waals surface area contributed by atoms with Crippen LogP contribution in [-0.4, -0.2) is 25.2 Å². The lowest BCUT2D eigenvalue weighted by Crippen LogP contribution is -2.23. The second-order valence-electron chi connectivity index (χ2n) is 4.48. The molecule has 3 N–H and O–H groups in total. The molecule has 0 radical (unpaired) electrons. The molecule has 0 aliphatic carbocycles. The lowest BCUT2D eigenvalue weighted by atomic mass is 10.3. The quantitative estimate of drug-likeness (QED) is 0.673. The molecule has 0 aliphatic heterocycles. The fourth-order valence-corrected chi connectivity index (χ4v) is 5.38. The van der Waals surface area contributed by atoms with Crippen molar-refractivity contribution in [2.75, 3.05) is 6.54 Å². The summed E-state index contributed by atoms with van der Waals surface area (Å²) in [4.78, 5) is 1.25. The Morgan fingerprint density at radius 2 is 2.19 bits per heavy atom. The first-order valence-electron chi connectivity index (χ1n) is 6.41. The van der Waals surface area contributed by atoms with Crippen molar-refractivity contribution in [1.82, 2.24) is 20.2 Å². The van der Waals surface area contributed by atoms with E-state index < -0.39 is 10.0 Å². The highest BCUT2D eigenvalue weighted by Crippen LogP contribution is 2.31. The number of halogens is 1. The van der Waals surface area contributed by atoms with Crippen molar-refractivity contribution < 1.29 is 8.42 Å². The third-order valence-electron chi connectivity index (χ3n) is 2.93. The Morgan fingerprint density at radius 3 is 2.81 bits per heavy atom. The van der Waals surface area contributed by atoms with Crippen LogP contribution in [0.15, 0.2) is 20.9 Å². The second kappa shape index (κ2) is 7.01. The Balaban J connectivity index is 2.12. The van der Waals surface area contributed by atoms with Gasteiger partial charge in [0.2, 0.25) is 10.0 Å². The average molecular weight is 393 g/mol. The number of nitrogens with one attached hydrogen (secondary N) is 3. The van der Waals surface area contributed by atoms with Crippen LogP contribution in [0.25, 0.3) is 0 Å². The molecule has 0 amide bonds. The van der Waals surface area contributed by atoms with Crippen molar-refractivity contribution in [2.24, 2.45) is 0 Å². The van der Waals surface area contributed by atoms with E-state index in [2.05, 4.69) is 36.2 Å². The van der Waals surface area contributed by atoms with E-state index in [0.717, 1.165) is 22.7 Å². The predicted octanol–water partition coefficient (Wildman–Crippen LogP) is 2.13. The number of rotatable bonds is 7. The van der Waals surface area contributed by atoms with E-state index in [1.54, 1.807) is 12.3 Å². The number of aromatic nitrogens is 2. The van der Waals surface area contributed by atoms with Crippen LogP contribution in [0.5, 0.6) is 0 Å². The summed E-state index contributed by atoms with van der Waals surface area (Å²) in [6.07, 6.45) is 1.62. The van der Waals surface area contributed by atoms with Gasteiger partial charge in [0.25, 0.3) is 0 Å². The van der Waals surface area contributed by atoms with Crippen molar-refractivity contribution in [3.05, 3.63) is 32.2 Å². The van der Waals surface area contributed by atoms with Crippen molar-refractivity contribution in [3.8, 4) is 0 Å². The monoisotopic (exact) mass is 392 g/mol. The van der Waals surface area contributed by atoms with Crippen LogP contribution in [0.4, 0.5) is 0 Å². The molecule has 9 heteroatoms. The largest absolute Gasteiger partial charge is 0.312 e. The summed E-state index contributed by atoms with van der Waals surface area (Å²) in [5.74, 6) is 0. The molecule has 21 heavy (non-hydrogen) atoms. The van der Waals surface area contributed by atoms with Crippen LogP contribution in [0, 0.1) is 6.92 Å². The first kappa shape index (κ1) is 16.6. The number of thiophene rings is 1. The van der Waals surface area contributed by atoms with Gasteiger partial charge in [0.1, 0.15) is 4.90 Å². The van der Waals surface area contributed by atoms with Crippen molar-refractivity contribution >= 4 is 37.3 Å². The van der Waals surface area contributed by atoms with Crippen molar-refractivity contribution in [2.45, 2.75) is 31.8 Å². The number of H-pyrrole nitrogens is 1. The SMILES string of the molecule is CCNCc1cc(S(=O)(=O)NCc2cn[nH]c2C)c(Br)s1. The van der Waals surface area contributed by atoms with Gasteiger partial charge in [0.05, 0.1) is 9.98 Å². The normalized spacial score (nSPS) is 12.0. The molecule has 0 saturated carbocycles. The summed E-state index contributed by atoms with van der Waals surface area (Å²) in [5.41, 5.74) is 1.69. The molecule has 0 unspecified atom stereocenters. The summed E-state index contributed by atoms with van der Waals surface area (Å²) in [7, 11) is -3.54. The minimum absolute atomic E-state index is 0.218. The molecular formula is C12H17BrN4O2S2. The highest BCUT2D eigenvalue weighted by Gasteiger charge is 2.21. The maximum atomic E-state index is 12.4. The van der Waals surface area contributed by atoms with Gasteiger partial charge in [-0.2, -0.15) is 5.10 Å². The fourth-order valence-electron chi connectivity index (χ4n) is 1.72. The van der Waals surface area contributed by atoms with Gasteiger partial charge in [-0.3, -0.25) is 5.10 Å². The average Bonchev–Trinajstić information content (AvgIpc) is 3.00. The van der Waals surface area contributed by atoms with E-state index in [9.17, 15) is 8.42 Å². The van der Waals surface area contributed by atoms with E-state index in [-0.39, 0.29) is 11.4 Å². The van der Waals surface area contributed by atoms with Crippen molar-refractivity contribution in [3.63, 3.8) is 0 Å². The molecule has 2 heterocycles. The zero-order valence-electron chi connectivity index (χ0n) is 11.7. The highest BCUT2D eigenvalue weighted by atomic mass is 79.9. The highest BCUT2D eigenvalue weighted by molar-refractivity contribution is 9.11. The van der Waals surface area contributed by atoms with E-state index in [1.165, 1.54) is 11.3 Å². The van der Waals surface area contributed by atoms with E-state index in [1.807, 2.05) is 13.8 Å². The summed E-state index contributed by atoms with van der Waals surface area (Å²) in [6, 6.07) is 1.70. The molecule has 2 aromatic rings. The lowest BCUT2D eigenvalue weighted by Gasteiger charge is -2.05. The summed E-state index contributed by atoms with van der Waals surface area (Å²) >= 11 is 4.76. The molecule has 0 atom stereocenters. The molecule has 0 aromatic carbocycles. The van der Waals surface area contributed by atoms with Crippen LogP contribution in [0.2, 0.25) is 0 Å². The predicted molar refractivity (Wildman–Crippen MR) is 86.7 cm³/mol. The van der Waals surface area contributed by atoms with Crippen LogP contribution >= 0.6 is 27.3 Å². The van der Waals surface area contributed by atoms with Crippen LogP contribution < -0.4 is 10.0 Å². The van der Waals surface area contributed by atoms with Gasteiger partial charge in [-0.1, -0.05) is 6.92 Å². The topological polar surface area (TPSA) is 86.9 Å². The Morgan fingerprint density at radius 1 is 1.43 bits per heavy atom. The fraction of sp³-hybridized carbons (Fsp3) is 0.417.